The van der Waals surface area contributed by atoms with Crippen molar-refractivity contribution in [2.24, 2.45) is 11.3 Å². The van der Waals surface area contributed by atoms with Crippen LogP contribution in [-0.2, 0) is 6.42 Å². The number of aromatic nitrogens is 2. The summed E-state index contributed by atoms with van der Waals surface area (Å²) < 4.78 is 5.09. The topological polar surface area (TPSA) is 38.9 Å². The summed E-state index contributed by atoms with van der Waals surface area (Å²) in [6.07, 6.45) is 0.781. The molecule has 1 heterocycles. The molecule has 0 amide bonds. The molecule has 0 aromatic carbocycles. The minimum atomic E-state index is 0.121. The molecule has 0 bridgehead atoms. The van der Waals surface area contributed by atoms with Gasteiger partial charge in [-0.15, -0.1) is 5.10 Å². The SMILES string of the molecule is CC(Cc1nnc(Cl)o1)C(C)(C)C. The highest BCUT2D eigenvalue weighted by Crippen LogP contribution is 2.28. The highest BCUT2D eigenvalue weighted by molar-refractivity contribution is 6.27. The normalized spacial score (nSPS) is 14.5. The molecular formula is C9H15ClN2O. The van der Waals surface area contributed by atoms with Crippen molar-refractivity contribution in [1.29, 1.82) is 0 Å². The van der Waals surface area contributed by atoms with Gasteiger partial charge in [-0.05, 0) is 22.9 Å². The van der Waals surface area contributed by atoms with Gasteiger partial charge < -0.3 is 4.42 Å². The van der Waals surface area contributed by atoms with Gasteiger partial charge in [0, 0.05) is 6.42 Å². The lowest BCUT2D eigenvalue weighted by Crippen LogP contribution is -2.19. The Morgan fingerprint density at radius 1 is 1.38 bits per heavy atom. The van der Waals surface area contributed by atoms with E-state index >= 15 is 0 Å². The first-order chi connectivity index (χ1) is 5.89. The van der Waals surface area contributed by atoms with Gasteiger partial charge in [0.2, 0.25) is 5.89 Å². The maximum Gasteiger partial charge on any atom is 0.312 e. The van der Waals surface area contributed by atoms with E-state index in [9.17, 15) is 0 Å². The second kappa shape index (κ2) is 3.66. The zero-order chi connectivity index (χ0) is 10.1. The van der Waals surface area contributed by atoms with Crippen molar-refractivity contribution >= 4 is 11.6 Å². The van der Waals surface area contributed by atoms with Gasteiger partial charge >= 0.3 is 5.35 Å². The maximum absolute atomic E-state index is 5.52. The van der Waals surface area contributed by atoms with Crippen molar-refractivity contribution in [2.45, 2.75) is 34.1 Å². The Bertz CT molecular complexity index is 277. The van der Waals surface area contributed by atoms with Crippen LogP contribution >= 0.6 is 11.6 Å². The Balaban J connectivity index is 2.60. The lowest BCUT2D eigenvalue weighted by molar-refractivity contribution is 0.245. The van der Waals surface area contributed by atoms with Crippen LogP contribution in [0.2, 0.25) is 5.35 Å². The van der Waals surface area contributed by atoms with Crippen LogP contribution in [0.15, 0.2) is 4.42 Å². The third-order valence-corrected chi connectivity index (χ3v) is 2.55. The fraction of sp³-hybridized carbons (Fsp3) is 0.778. The van der Waals surface area contributed by atoms with Crippen LogP contribution < -0.4 is 0 Å². The van der Waals surface area contributed by atoms with Crippen LogP contribution in [0.3, 0.4) is 0 Å². The van der Waals surface area contributed by atoms with E-state index in [4.69, 9.17) is 16.0 Å². The summed E-state index contributed by atoms with van der Waals surface area (Å²) in [5.41, 5.74) is 0.251. The molecule has 0 radical (unpaired) electrons. The van der Waals surface area contributed by atoms with Crippen LogP contribution in [0.25, 0.3) is 0 Å². The van der Waals surface area contributed by atoms with E-state index in [-0.39, 0.29) is 10.8 Å². The summed E-state index contributed by atoms with van der Waals surface area (Å²) in [5, 5.41) is 7.54. The molecule has 0 aliphatic heterocycles. The summed E-state index contributed by atoms with van der Waals surface area (Å²) in [4.78, 5) is 0. The summed E-state index contributed by atoms with van der Waals surface area (Å²) in [6, 6.07) is 0. The van der Waals surface area contributed by atoms with Gasteiger partial charge in [0.05, 0.1) is 0 Å². The van der Waals surface area contributed by atoms with E-state index in [2.05, 4.69) is 37.9 Å². The molecule has 1 rings (SSSR count). The zero-order valence-corrected chi connectivity index (χ0v) is 9.22. The Hall–Kier alpha value is -0.570. The molecule has 1 aromatic rings. The number of hydrogen-bond donors (Lipinski definition) is 0. The van der Waals surface area contributed by atoms with E-state index in [1.54, 1.807) is 0 Å². The number of halogens is 1. The van der Waals surface area contributed by atoms with Gasteiger partial charge in [-0.1, -0.05) is 32.8 Å². The van der Waals surface area contributed by atoms with Crippen LogP contribution in [0, 0.1) is 11.3 Å². The average Bonchev–Trinajstić information content (AvgIpc) is 2.33. The first-order valence-electron chi connectivity index (χ1n) is 4.37. The van der Waals surface area contributed by atoms with Gasteiger partial charge in [-0.3, -0.25) is 0 Å². The molecule has 0 fully saturated rings. The Kier molecular flexibility index (Phi) is 2.96. The Morgan fingerprint density at radius 3 is 2.38 bits per heavy atom. The van der Waals surface area contributed by atoms with Crippen LogP contribution in [0.4, 0.5) is 0 Å². The molecule has 4 heteroatoms. The zero-order valence-electron chi connectivity index (χ0n) is 8.47. The summed E-state index contributed by atoms with van der Waals surface area (Å²) in [7, 11) is 0. The van der Waals surface area contributed by atoms with Crippen molar-refractivity contribution in [3.05, 3.63) is 11.2 Å². The molecule has 1 unspecified atom stereocenters. The van der Waals surface area contributed by atoms with Crippen molar-refractivity contribution in [1.82, 2.24) is 10.2 Å². The third kappa shape index (κ3) is 2.99. The molecular weight excluding hydrogens is 188 g/mol. The summed E-state index contributed by atoms with van der Waals surface area (Å²) in [6.45, 7) is 8.74. The van der Waals surface area contributed by atoms with E-state index < -0.39 is 0 Å². The Morgan fingerprint density at radius 2 is 2.00 bits per heavy atom. The number of rotatable bonds is 2. The predicted octanol–water partition coefficient (Wildman–Crippen LogP) is 2.95. The third-order valence-electron chi connectivity index (χ3n) is 2.40. The highest BCUT2D eigenvalue weighted by Gasteiger charge is 2.22. The monoisotopic (exact) mass is 202 g/mol. The number of hydrogen-bond acceptors (Lipinski definition) is 3. The van der Waals surface area contributed by atoms with Gasteiger partial charge in [0.15, 0.2) is 0 Å². The molecule has 0 aliphatic rings. The fourth-order valence-corrected chi connectivity index (χ4v) is 1.01. The predicted molar refractivity (Wildman–Crippen MR) is 51.6 cm³/mol. The molecule has 0 N–H and O–H groups in total. The van der Waals surface area contributed by atoms with Gasteiger partial charge in [-0.25, -0.2) is 0 Å². The molecule has 3 nitrogen and oxygen atoms in total. The first-order valence-corrected chi connectivity index (χ1v) is 4.75. The quantitative estimate of drug-likeness (QED) is 0.740. The maximum atomic E-state index is 5.52. The molecule has 0 spiro atoms. The smallest absolute Gasteiger partial charge is 0.312 e. The van der Waals surface area contributed by atoms with E-state index in [0.717, 1.165) is 6.42 Å². The molecule has 0 aliphatic carbocycles. The second-order valence-corrected chi connectivity index (χ2v) is 4.74. The molecule has 13 heavy (non-hydrogen) atoms. The molecule has 1 aromatic heterocycles. The molecule has 0 saturated carbocycles. The largest absolute Gasteiger partial charge is 0.412 e. The van der Waals surface area contributed by atoms with Crippen molar-refractivity contribution in [2.75, 3.05) is 0 Å². The summed E-state index contributed by atoms with van der Waals surface area (Å²) >= 11 is 5.52. The van der Waals surface area contributed by atoms with Gasteiger partial charge in [-0.2, -0.15) is 0 Å². The minimum Gasteiger partial charge on any atom is -0.412 e. The van der Waals surface area contributed by atoms with Crippen molar-refractivity contribution in [3.8, 4) is 0 Å². The van der Waals surface area contributed by atoms with E-state index in [1.807, 2.05) is 0 Å². The molecule has 1 atom stereocenters. The van der Waals surface area contributed by atoms with Crippen molar-refractivity contribution in [3.63, 3.8) is 0 Å². The average molecular weight is 203 g/mol. The van der Waals surface area contributed by atoms with Crippen LogP contribution in [0.1, 0.15) is 33.6 Å². The molecule has 74 valence electrons. The van der Waals surface area contributed by atoms with E-state index in [1.165, 1.54) is 0 Å². The Labute approximate surface area is 83.5 Å². The van der Waals surface area contributed by atoms with Gasteiger partial charge in [0.25, 0.3) is 0 Å². The van der Waals surface area contributed by atoms with Crippen LogP contribution in [0.5, 0.6) is 0 Å². The summed E-state index contributed by atoms with van der Waals surface area (Å²) in [5.74, 6) is 1.11. The lowest BCUT2D eigenvalue weighted by atomic mass is 9.80. The standard InChI is InChI=1S/C9H15ClN2O/c1-6(9(2,3)4)5-7-11-12-8(10)13-7/h6H,5H2,1-4H3. The van der Waals surface area contributed by atoms with Crippen molar-refractivity contribution < 1.29 is 4.42 Å². The molecule has 0 saturated heterocycles. The van der Waals surface area contributed by atoms with E-state index in [0.29, 0.717) is 11.8 Å². The fourth-order valence-electron chi connectivity index (χ4n) is 0.884. The number of nitrogens with zero attached hydrogens (tertiary/aromatic N) is 2. The van der Waals surface area contributed by atoms with Gasteiger partial charge in [0.1, 0.15) is 0 Å². The minimum absolute atomic E-state index is 0.121. The van der Waals surface area contributed by atoms with Crippen LogP contribution in [-0.4, -0.2) is 10.2 Å². The highest BCUT2D eigenvalue weighted by atomic mass is 35.5. The lowest BCUT2D eigenvalue weighted by Gasteiger charge is -2.25. The first kappa shape index (κ1) is 10.5. The second-order valence-electron chi connectivity index (χ2n) is 4.42.